The molecule has 0 saturated heterocycles. The van der Waals surface area contributed by atoms with Gasteiger partial charge in [-0.15, -0.1) is 5.10 Å². The number of benzene rings is 3. The molecule has 8 heteroatoms. The number of carbonyl (C=O) groups is 2. The van der Waals surface area contributed by atoms with Crippen molar-refractivity contribution in [1.29, 1.82) is 0 Å². The average Bonchev–Trinajstić information content (AvgIpc) is 3.42. The van der Waals surface area contributed by atoms with Crippen molar-refractivity contribution in [2.45, 2.75) is 20.3 Å². The lowest BCUT2D eigenvalue weighted by atomic mass is 10.1. The molecule has 0 spiro atoms. The molecule has 2 heterocycles. The lowest BCUT2D eigenvalue weighted by molar-refractivity contribution is 0.101. The Labute approximate surface area is 203 Å². The number of nitrogens with one attached hydrogen (secondary N) is 2. The molecule has 3 aromatic carbocycles. The first kappa shape index (κ1) is 22.3. The van der Waals surface area contributed by atoms with E-state index in [4.69, 9.17) is 0 Å². The molecule has 1 aliphatic rings. The maximum Gasteiger partial charge on any atom is 0.258 e. The van der Waals surface area contributed by atoms with Crippen LogP contribution in [0.4, 0.5) is 17.6 Å². The van der Waals surface area contributed by atoms with Crippen LogP contribution in [0.1, 0.15) is 37.4 Å². The molecular formula is C27H26N6O2. The van der Waals surface area contributed by atoms with E-state index in [2.05, 4.69) is 31.7 Å². The van der Waals surface area contributed by atoms with Gasteiger partial charge in [0.1, 0.15) is 0 Å². The molecular weight excluding hydrogens is 440 g/mol. The predicted molar refractivity (Wildman–Crippen MR) is 137 cm³/mol. The van der Waals surface area contributed by atoms with Crippen molar-refractivity contribution in [3.8, 4) is 5.69 Å². The Morgan fingerprint density at radius 3 is 2.14 bits per heavy atom. The van der Waals surface area contributed by atoms with E-state index >= 15 is 0 Å². The number of aromatic nitrogens is 3. The lowest BCUT2D eigenvalue weighted by Crippen LogP contribution is -2.17. The zero-order valence-electron chi connectivity index (χ0n) is 19.9. The molecule has 0 bridgehead atoms. The molecule has 0 fully saturated rings. The van der Waals surface area contributed by atoms with Crippen LogP contribution in [0.3, 0.4) is 0 Å². The summed E-state index contributed by atoms with van der Waals surface area (Å²) in [5.41, 5.74) is 5.88. The van der Waals surface area contributed by atoms with Crippen molar-refractivity contribution in [3.63, 3.8) is 0 Å². The molecule has 1 aromatic heterocycles. The number of hydrogen-bond acceptors (Lipinski definition) is 5. The number of carbonyl (C=O) groups excluding carboxylic acids is 2. The van der Waals surface area contributed by atoms with Crippen molar-refractivity contribution in [3.05, 3.63) is 94.5 Å². The normalized spacial score (nSPS) is 12.4. The SMILES string of the molecule is Cc1ccccc1C(=O)Nc1nc(NC(=O)c2ccccc2C)n(-c2ccc3c(c2)N(C)CC3)n1. The topological polar surface area (TPSA) is 92.2 Å². The maximum atomic E-state index is 13.1. The van der Waals surface area contributed by atoms with Crippen LogP contribution < -0.4 is 15.5 Å². The van der Waals surface area contributed by atoms with Gasteiger partial charge in [0.05, 0.1) is 5.69 Å². The van der Waals surface area contributed by atoms with Crippen molar-refractivity contribution in [1.82, 2.24) is 14.8 Å². The maximum absolute atomic E-state index is 13.1. The molecule has 35 heavy (non-hydrogen) atoms. The van der Waals surface area contributed by atoms with Crippen LogP contribution in [-0.2, 0) is 6.42 Å². The van der Waals surface area contributed by atoms with Crippen LogP contribution in [0.5, 0.6) is 0 Å². The second-order valence-electron chi connectivity index (χ2n) is 8.69. The second kappa shape index (κ2) is 9.06. The molecule has 2 N–H and O–H groups in total. The van der Waals surface area contributed by atoms with E-state index in [0.717, 1.165) is 35.5 Å². The van der Waals surface area contributed by atoms with Gasteiger partial charge < -0.3 is 4.90 Å². The van der Waals surface area contributed by atoms with Gasteiger partial charge in [0.25, 0.3) is 17.8 Å². The standard InChI is InChI=1S/C27H26N6O2/c1-17-8-4-6-10-21(17)24(34)28-26-30-27(29-25(35)22-11-7-5-9-18(22)2)33(31-26)20-13-12-19-14-15-32(3)23(19)16-20/h4-13,16H,14-15H2,1-3H3,(H2,28,29,30,31,34,35). The Morgan fingerprint density at radius 1 is 0.857 bits per heavy atom. The highest BCUT2D eigenvalue weighted by Crippen LogP contribution is 2.30. The summed E-state index contributed by atoms with van der Waals surface area (Å²) >= 11 is 0. The van der Waals surface area contributed by atoms with Crippen LogP contribution >= 0.6 is 0 Å². The van der Waals surface area contributed by atoms with Crippen molar-refractivity contribution < 1.29 is 9.59 Å². The summed E-state index contributed by atoms with van der Waals surface area (Å²) in [4.78, 5) is 32.6. The molecule has 0 radical (unpaired) electrons. The van der Waals surface area contributed by atoms with Crippen LogP contribution in [0, 0.1) is 13.8 Å². The number of rotatable bonds is 5. The number of hydrogen-bond donors (Lipinski definition) is 2. The van der Waals surface area contributed by atoms with Crippen LogP contribution in [0.25, 0.3) is 5.69 Å². The number of amides is 2. The van der Waals surface area contributed by atoms with Gasteiger partial charge in [-0.05, 0) is 61.2 Å². The number of anilines is 3. The molecule has 5 rings (SSSR count). The minimum Gasteiger partial charge on any atom is -0.374 e. The number of likely N-dealkylation sites (N-methyl/N-ethyl adjacent to an activating group) is 1. The average molecular weight is 467 g/mol. The van der Waals surface area contributed by atoms with Crippen molar-refractivity contribution in [2.24, 2.45) is 0 Å². The number of nitrogens with zero attached hydrogens (tertiary/aromatic N) is 4. The number of aryl methyl sites for hydroxylation is 2. The molecule has 0 aliphatic carbocycles. The van der Waals surface area contributed by atoms with Gasteiger partial charge in [-0.1, -0.05) is 42.5 Å². The first-order chi connectivity index (χ1) is 16.9. The predicted octanol–water partition coefficient (Wildman–Crippen LogP) is 4.38. The van der Waals surface area contributed by atoms with E-state index < -0.39 is 0 Å². The van der Waals surface area contributed by atoms with Gasteiger partial charge in [0.2, 0.25) is 5.95 Å². The van der Waals surface area contributed by atoms with Gasteiger partial charge >= 0.3 is 0 Å². The van der Waals surface area contributed by atoms with E-state index in [1.807, 2.05) is 69.4 Å². The fourth-order valence-corrected chi connectivity index (χ4v) is 4.28. The Kier molecular flexibility index (Phi) is 5.78. The second-order valence-corrected chi connectivity index (χ2v) is 8.69. The molecule has 8 nitrogen and oxygen atoms in total. The van der Waals surface area contributed by atoms with Crippen LogP contribution in [-0.4, -0.2) is 40.2 Å². The molecule has 4 aromatic rings. The van der Waals surface area contributed by atoms with Crippen LogP contribution in [0.15, 0.2) is 66.7 Å². The smallest absolute Gasteiger partial charge is 0.258 e. The summed E-state index contributed by atoms with van der Waals surface area (Å²) in [6.45, 7) is 4.70. The third kappa shape index (κ3) is 4.38. The molecule has 2 amide bonds. The quantitative estimate of drug-likeness (QED) is 0.455. The lowest BCUT2D eigenvalue weighted by Gasteiger charge is -2.14. The van der Waals surface area contributed by atoms with E-state index in [1.54, 1.807) is 16.8 Å². The first-order valence-electron chi connectivity index (χ1n) is 11.5. The molecule has 0 unspecified atom stereocenters. The van der Waals surface area contributed by atoms with Crippen LogP contribution in [0.2, 0.25) is 0 Å². The minimum absolute atomic E-state index is 0.104. The summed E-state index contributed by atoms with van der Waals surface area (Å²) in [6.07, 6.45) is 0.984. The summed E-state index contributed by atoms with van der Waals surface area (Å²) in [6, 6.07) is 20.7. The zero-order valence-corrected chi connectivity index (χ0v) is 19.9. The highest BCUT2D eigenvalue weighted by atomic mass is 16.2. The molecule has 176 valence electrons. The van der Waals surface area contributed by atoms with E-state index in [0.29, 0.717) is 11.1 Å². The Morgan fingerprint density at radius 2 is 1.49 bits per heavy atom. The fraction of sp³-hybridized carbons (Fsp3) is 0.185. The van der Waals surface area contributed by atoms with Crippen molar-refractivity contribution >= 4 is 29.4 Å². The molecule has 0 atom stereocenters. The van der Waals surface area contributed by atoms with E-state index in [-0.39, 0.29) is 23.7 Å². The minimum atomic E-state index is -0.314. The van der Waals surface area contributed by atoms with Crippen molar-refractivity contribution in [2.75, 3.05) is 29.1 Å². The highest BCUT2D eigenvalue weighted by Gasteiger charge is 2.21. The third-order valence-electron chi connectivity index (χ3n) is 6.28. The first-order valence-corrected chi connectivity index (χ1v) is 11.5. The fourth-order valence-electron chi connectivity index (χ4n) is 4.28. The Bertz CT molecular complexity index is 1440. The highest BCUT2D eigenvalue weighted by molar-refractivity contribution is 6.06. The monoisotopic (exact) mass is 466 g/mol. The largest absolute Gasteiger partial charge is 0.374 e. The third-order valence-corrected chi connectivity index (χ3v) is 6.28. The Balaban J connectivity index is 1.51. The van der Waals surface area contributed by atoms with Gasteiger partial charge in [0.15, 0.2) is 0 Å². The van der Waals surface area contributed by atoms with Gasteiger partial charge in [-0.3, -0.25) is 20.2 Å². The number of fused-ring (bicyclic) bond motifs is 1. The summed E-state index contributed by atoms with van der Waals surface area (Å²) in [5, 5.41) is 10.2. The van der Waals surface area contributed by atoms with E-state index in [1.165, 1.54) is 5.56 Å². The Hall–Kier alpha value is -4.46. The zero-order chi connectivity index (χ0) is 24.5. The van der Waals surface area contributed by atoms with Gasteiger partial charge in [0, 0.05) is 30.4 Å². The summed E-state index contributed by atoms with van der Waals surface area (Å²) in [5.74, 6) is -0.288. The summed E-state index contributed by atoms with van der Waals surface area (Å²) in [7, 11) is 2.05. The van der Waals surface area contributed by atoms with Gasteiger partial charge in [-0.25, -0.2) is 0 Å². The molecule has 1 aliphatic heterocycles. The summed E-state index contributed by atoms with van der Waals surface area (Å²) < 4.78 is 1.55. The van der Waals surface area contributed by atoms with E-state index in [9.17, 15) is 9.59 Å². The molecule has 0 saturated carbocycles. The van der Waals surface area contributed by atoms with Gasteiger partial charge in [-0.2, -0.15) is 9.67 Å².